The number of benzene rings is 2. The quantitative estimate of drug-likeness (QED) is 0.690. The van der Waals surface area contributed by atoms with Crippen molar-refractivity contribution in [2.75, 3.05) is 0 Å². The Hall–Kier alpha value is -2.16. The first-order valence-electron chi connectivity index (χ1n) is 6.84. The first-order valence-corrected chi connectivity index (χ1v) is 6.84. The Bertz CT molecular complexity index is 729. The van der Waals surface area contributed by atoms with Crippen LogP contribution in [-0.2, 0) is 6.54 Å². The summed E-state index contributed by atoms with van der Waals surface area (Å²) in [4.78, 5) is 0. The minimum absolute atomic E-state index is 0.151. The topological polar surface area (TPSA) is 17.8 Å². The van der Waals surface area contributed by atoms with Crippen LogP contribution in [0.4, 0.5) is 4.39 Å². The Kier molecular flexibility index (Phi) is 3.26. The van der Waals surface area contributed by atoms with Crippen molar-refractivity contribution in [2.24, 2.45) is 0 Å². The van der Waals surface area contributed by atoms with Crippen molar-refractivity contribution in [2.45, 2.75) is 26.3 Å². The molecule has 0 amide bonds. The molecule has 0 aliphatic carbocycles. The van der Waals surface area contributed by atoms with Gasteiger partial charge in [-0.2, -0.15) is 5.10 Å². The van der Waals surface area contributed by atoms with Gasteiger partial charge in [-0.1, -0.05) is 44.2 Å². The molecule has 3 heteroatoms. The molecule has 1 heterocycles. The third-order valence-corrected chi connectivity index (χ3v) is 3.56. The Morgan fingerprint density at radius 2 is 1.90 bits per heavy atom. The van der Waals surface area contributed by atoms with Gasteiger partial charge in [0.25, 0.3) is 0 Å². The van der Waals surface area contributed by atoms with Gasteiger partial charge in [0.2, 0.25) is 0 Å². The predicted molar refractivity (Wildman–Crippen MR) is 79.3 cm³/mol. The molecular weight excluding hydrogens is 251 g/mol. The molecule has 0 radical (unpaired) electrons. The van der Waals surface area contributed by atoms with Crippen molar-refractivity contribution >= 4 is 10.9 Å². The van der Waals surface area contributed by atoms with E-state index < -0.39 is 0 Å². The van der Waals surface area contributed by atoms with Crippen LogP contribution in [0.15, 0.2) is 48.7 Å². The molecule has 102 valence electrons. The van der Waals surface area contributed by atoms with Gasteiger partial charge in [-0.05, 0) is 23.1 Å². The molecule has 0 fully saturated rings. The molecule has 0 saturated heterocycles. The molecule has 0 bridgehead atoms. The summed E-state index contributed by atoms with van der Waals surface area (Å²) in [6.07, 6.45) is 1.81. The average molecular weight is 268 g/mol. The summed E-state index contributed by atoms with van der Waals surface area (Å²) in [6.45, 7) is 4.65. The zero-order chi connectivity index (χ0) is 14.1. The second-order valence-corrected chi connectivity index (χ2v) is 5.38. The van der Waals surface area contributed by atoms with Gasteiger partial charge in [-0.25, -0.2) is 4.39 Å². The Labute approximate surface area is 117 Å². The third-order valence-electron chi connectivity index (χ3n) is 3.56. The second-order valence-electron chi connectivity index (χ2n) is 5.38. The minimum Gasteiger partial charge on any atom is -0.260 e. The maximum absolute atomic E-state index is 14.1. The summed E-state index contributed by atoms with van der Waals surface area (Å²) in [5.74, 6) is 0.0270. The smallest absolute Gasteiger partial charge is 0.128 e. The Balaban J connectivity index is 2.03. The average Bonchev–Trinajstić information content (AvgIpc) is 2.81. The summed E-state index contributed by atoms with van der Waals surface area (Å²) in [5, 5.41) is 5.37. The number of aromatic nitrogens is 2. The number of rotatable bonds is 3. The molecule has 20 heavy (non-hydrogen) atoms. The largest absolute Gasteiger partial charge is 0.260 e. The third kappa shape index (κ3) is 2.31. The molecule has 3 aromatic rings. The van der Waals surface area contributed by atoms with E-state index >= 15 is 0 Å². The lowest BCUT2D eigenvalue weighted by Gasteiger charge is -2.08. The van der Waals surface area contributed by atoms with E-state index in [9.17, 15) is 4.39 Å². The van der Waals surface area contributed by atoms with E-state index in [1.807, 2.05) is 61.1 Å². The molecule has 0 aliphatic rings. The maximum Gasteiger partial charge on any atom is 0.128 e. The molecule has 1 aromatic heterocycles. The number of hydrogen-bond acceptors (Lipinski definition) is 1. The van der Waals surface area contributed by atoms with E-state index in [1.165, 1.54) is 0 Å². The highest BCUT2D eigenvalue weighted by molar-refractivity contribution is 5.79. The summed E-state index contributed by atoms with van der Waals surface area (Å²) in [6, 6.07) is 13.6. The first-order chi connectivity index (χ1) is 9.65. The first kappa shape index (κ1) is 12.9. The van der Waals surface area contributed by atoms with Gasteiger partial charge >= 0.3 is 0 Å². The van der Waals surface area contributed by atoms with Gasteiger partial charge in [-0.3, -0.25) is 4.68 Å². The lowest BCUT2D eigenvalue weighted by Crippen LogP contribution is -2.02. The van der Waals surface area contributed by atoms with Crippen LogP contribution in [0.2, 0.25) is 0 Å². The van der Waals surface area contributed by atoms with Crippen molar-refractivity contribution < 1.29 is 4.39 Å². The van der Waals surface area contributed by atoms with Gasteiger partial charge in [-0.15, -0.1) is 0 Å². The zero-order valence-electron chi connectivity index (χ0n) is 11.7. The fourth-order valence-corrected chi connectivity index (χ4v) is 2.44. The van der Waals surface area contributed by atoms with Crippen LogP contribution >= 0.6 is 0 Å². The molecule has 0 aliphatic heterocycles. The molecule has 0 atom stereocenters. The van der Waals surface area contributed by atoms with Crippen molar-refractivity contribution in [1.29, 1.82) is 0 Å². The van der Waals surface area contributed by atoms with Gasteiger partial charge in [0, 0.05) is 11.5 Å². The fraction of sp³-hybridized carbons (Fsp3) is 0.235. The molecule has 2 aromatic carbocycles. The van der Waals surface area contributed by atoms with Crippen molar-refractivity contribution in [3.63, 3.8) is 0 Å². The lowest BCUT2D eigenvalue weighted by molar-refractivity contribution is 0.598. The van der Waals surface area contributed by atoms with E-state index in [-0.39, 0.29) is 11.7 Å². The molecule has 0 spiro atoms. The number of nitrogens with zero attached hydrogens (tertiary/aromatic N) is 2. The second kappa shape index (κ2) is 5.08. The van der Waals surface area contributed by atoms with Crippen LogP contribution in [0.3, 0.4) is 0 Å². The van der Waals surface area contributed by atoms with Crippen LogP contribution < -0.4 is 0 Å². The van der Waals surface area contributed by atoms with Gasteiger partial charge in [0.1, 0.15) is 5.82 Å². The van der Waals surface area contributed by atoms with E-state index in [0.29, 0.717) is 6.54 Å². The number of halogens is 1. The molecule has 2 nitrogen and oxygen atoms in total. The van der Waals surface area contributed by atoms with E-state index in [0.717, 1.165) is 22.0 Å². The fourth-order valence-electron chi connectivity index (χ4n) is 2.44. The predicted octanol–water partition coefficient (Wildman–Crippen LogP) is 4.35. The normalized spacial score (nSPS) is 11.4. The van der Waals surface area contributed by atoms with Crippen LogP contribution in [0, 0.1) is 5.82 Å². The summed E-state index contributed by atoms with van der Waals surface area (Å²) >= 11 is 0. The lowest BCUT2D eigenvalue weighted by atomic mass is 10.0. The van der Waals surface area contributed by atoms with Crippen molar-refractivity contribution in [1.82, 2.24) is 9.78 Å². The Morgan fingerprint density at radius 1 is 1.15 bits per heavy atom. The van der Waals surface area contributed by atoms with Crippen molar-refractivity contribution in [3.8, 4) is 0 Å². The highest BCUT2D eigenvalue weighted by atomic mass is 19.1. The van der Waals surface area contributed by atoms with E-state index in [4.69, 9.17) is 0 Å². The molecular formula is C17H17FN2. The monoisotopic (exact) mass is 268 g/mol. The zero-order valence-corrected chi connectivity index (χ0v) is 11.7. The molecule has 0 saturated carbocycles. The highest BCUT2D eigenvalue weighted by Crippen LogP contribution is 2.25. The van der Waals surface area contributed by atoms with Gasteiger partial charge in [0.15, 0.2) is 0 Å². The van der Waals surface area contributed by atoms with Crippen molar-refractivity contribution in [3.05, 3.63) is 65.6 Å². The van der Waals surface area contributed by atoms with Crippen LogP contribution in [0.25, 0.3) is 10.9 Å². The van der Waals surface area contributed by atoms with Gasteiger partial charge < -0.3 is 0 Å². The summed E-state index contributed by atoms with van der Waals surface area (Å²) < 4.78 is 16.0. The van der Waals surface area contributed by atoms with Crippen LogP contribution in [-0.4, -0.2) is 9.78 Å². The number of fused-ring (bicyclic) bond motifs is 1. The summed E-state index contributed by atoms with van der Waals surface area (Å²) in [7, 11) is 0. The van der Waals surface area contributed by atoms with Crippen LogP contribution in [0.1, 0.15) is 30.9 Å². The molecule has 0 N–H and O–H groups in total. The van der Waals surface area contributed by atoms with E-state index in [2.05, 4.69) is 5.10 Å². The van der Waals surface area contributed by atoms with E-state index in [1.54, 1.807) is 6.07 Å². The maximum atomic E-state index is 14.1. The standard InChI is InChI=1S/C17H17FN2/c1-12(2)15-8-14-10-19-20(17(14)9-16(15)18)11-13-6-4-3-5-7-13/h3-10,12H,11H2,1-2H3. The number of hydrogen-bond donors (Lipinski definition) is 0. The highest BCUT2D eigenvalue weighted by Gasteiger charge is 2.11. The van der Waals surface area contributed by atoms with Crippen LogP contribution in [0.5, 0.6) is 0 Å². The van der Waals surface area contributed by atoms with Gasteiger partial charge in [0.05, 0.1) is 18.3 Å². The molecule has 0 unspecified atom stereocenters. The SMILES string of the molecule is CC(C)c1cc2cnn(Cc3ccccc3)c2cc1F. The molecule has 3 rings (SSSR count). The minimum atomic E-state index is -0.151. The Morgan fingerprint density at radius 3 is 2.60 bits per heavy atom. The summed E-state index contributed by atoms with van der Waals surface area (Å²) in [5.41, 5.74) is 2.75.